The summed E-state index contributed by atoms with van der Waals surface area (Å²) in [6.07, 6.45) is 1.75. The Balaban J connectivity index is 0.00000187. The second kappa shape index (κ2) is 20.4. The molecule has 0 amide bonds. The molecule has 0 fully saturated rings. The average Bonchev–Trinajstić information content (AvgIpc) is 3.69. The normalized spacial score (nSPS) is 11.9. The predicted octanol–water partition coefficient (Wildman–Crippen LogP) is 20.3. The molecule has 11 aromatic carbocycles. The van der Waals surface area contributed by atoms with Crippen LogP contribution >= 0.6 is 0 Å². The van der Waals surface area contributed by atoms with Crippen LogP contribution < -0.4 is 4.90 Å². The van der Waals surface area contributed by atoms with Crippen molar-refractivity contribution in [2.24, 2.45) is 0 Å². The van der Waals surface area contributed by atoms with Gasteiger partial charge in [0.25, 0.3) is 0 Å². The summed E-state index contributed by atoms with van der Waals surface area (Å²) in [5.74, 6) is 0. The highest BCUT2D eigenvalue weighted by Crippen LogP contribution is 2.52. The van der Waals surface area contributed by atoms with Gasteiger partial charge in [0.05, 0.1) is 0 Å². The molecule has 1 aliphatic rings. The van der Waals surface area contributed by atoms with Crippen LogP contribution in [-0.2, 0) is 5.41 Å². The molecule has 0 aromatic heterocycles. The van der Waals surface area contributed by atoms with E-state index >= 15 is 0 Å². The molecule has 0 atom stereocenters. The molecule has 0 spiro atoms. The molecule has 0 radical (unpaired) electrons. The predicted molar refractivity (Wildman–Crippen MR) is 313 cm³/mol. The third-order valence-electron chi connectivity index (χ3n) is 14.3. The molecule has 0 heterocycles. The highest BCUT2D eigenvalue weighted by atomic mass is 15.1. The maximum absolute atomic E-state index is 3.36. The topological polar surface area (TPSA) is 3.24 Å². The van der Waals surface area contributed by atoms with Crippen LogP contribution in [0.1, 0.15) is 31.9 Å². The minimum Gasteiger partial charge on any atom is -0.310 e. The quantitative estimate of drug-likeness (QED) is 0.124. The molecule has 0 N–H and O–H groups in total. The van der Waals surface area contributed by atoms with Gasteiger partial charge in [0, 0.05) is 22.5 Å². The van der Waals surface area contributed by atoms with E-state index in [0.717, 1.165) is 17.1 Å². The summed E-state index contributed by atoms with van der Waals surface area (Å²) in [7, 11) is 0. The smallest absolute Gasteiger partial charge is 0.0465 e. The van der Waals surface area contributed by atoms with Gasteiger partial charge >= 0.3 is 0 Å². The number of nitrogens with zero attached hydrogens (tertiary/aromatic N) is 1. The first kappa shape index (κ1) is 46.3. The van der Waals surface area contributed by atoms with Gasteiger partial charge in [-0.1, -0.05) is 238 Å². The molecule has 0 saturated carbocycles. The molecule has 1 aliphatic carbocycles. The molecule has 12 rings (SSSR count). The molecule has 0 saturated heterocycles. The molecule has 350 valence electrons. The van der Waals surface area contributed by atoms with E-state index in [1.807, 2.05) is 6.92 Å². The first-order valence-electron chi connectivity index (χ1n) is 25.3. The third-order valence-corrected chi connectivity index (χ3v) is 14.3. The number of hydrogen-bond donors (Lipinski definition) is 0. The number of rotatable bonds is 10. The molecule has 11 aromatic rings. The zero-order valence-corrected chi connectivity index (χ0v) is 41.7. The summed E-state index contributed by atoms with van der Waals surface area (Å²) in [6.45, 7) is 10.0. The summed E-state index contributed by atoms with van der Waals surface area (Å²) in [4.78, 5) is 2.41. The number of anilines is 3. The van der Waals surface area contributed by atoms with Gasteiger partial charge < -0.3 is 4.90 Å². The van der Waals surface area contributed by atoms with Crippen LogP contribution in [0.4, 0.5) is 17.1 Å². The van der Waals surface area contributed by atoms with Crippen LogP contribution in [0.2, 0.25) is 0 Å². The summed E-state index contributed by atoms with van der Waals surface area (Å²) in [5, 5.41) is 0. The fourth-order valence-electron chi connectivity index (χ4n) is 10.5. The lowest BCUT2D eigenvalue weighted by atomic mass is 9.81. The van der Waals surface area contributed by atoms with E-state index in [9.17, 15) is 0 Å². The molecule has 0 aliphatic heterocycles. The Hall–Kier alpha value is -9.04. The Kier molecular flexibility index (Phi) is 12.9. The zero-order valence-electron chi connectivity index (χ0n) is 41.7. The lowest BCUT2D eigenvalue weighted by molar-refractivity contribution is 0.660. The Bertz CT molecular complexity index is 3540. The Morgan fingerprint density at radius 1 is 0.274 bits per heavy atom. The van der Waals surface area contributed by atoms with E-state index < -0.39 is 0 Å². The fraction of sp³-hybridized carbons (Fsp3) is 0.0556. The molecule has 0 unspecified atom stereocenters. The second-order valence-electron chi connectivity index (χ2n) is 19.4. The standard InChI is InChI=1S/C69H51N.C3H6/c1-69(2)67-46-61(54-30-28-53(29-31-54)52-26-24-51(25-27-52)48-14-6-3-7-15-48)36-42-65(67)66-43-41-64(47-68(66)69)70(62-37-32-55(33-38-62)59-22-12-20-57(44-59)49-16-8-4-9-17-49)63-39-34-56(35-40-63)60-23-13-21-58(45-60)50-18-10-5-11-19-50;1-3-2/h3-47H,1-2H3;3H,1H2,2H3. The summed E-state index contributed by atoms with van der Waals surface area (Å²) in [5.41, 5.74) is 25.4. The first-order chi connectivity index (χ1) is 35.8. The van der Waals surface area contributed by atoms with E-state index in [1.165, 1.54) is 100 Å². The van der Waals surface area contributed by atoms with Gasteiger partial charge in [-0.3, -0.25) is 0 Å². The SMILES string of the molecule is C=CC.CC1(C)c2cc(-c3ccc(-c4ccc(-c5ccccc5)cc4)cc3)ccc2-c2ccc(N(c3ccc(-c4cccc(-c5ccccc5)c4)cc3)c3ccc(-c4cccc(-c5ccccc5)c4)cc3)cc21. The molecule has 1 nitrogen and oxygen atoms in total. The second-order valence-corrected chi connectivity index (χ2v) is 19.4. The van der Waals surface area contributed by atoms with Crippen LogP contribution in [0.15, 0.2) is 286 Å². The summed E-state index contributed by atoms with van der Waals surface area (Å²) >= 11 is 0. The summed E-state index contributed by atoms with van der Waals surface area (Å²) in [6, 6.07) is 99.7. The van der Waals surface area contributed by atoms with E-state index in [-0.39, 0.29) is 5.41 Å². The van der Waals surface area contributed by atoms with Gasteiger partial charge in [0.1, 0.15) is 0 Å². The Labute approximate surface area is 431 Å². The number of benzene rings is 11. The molecular formula is C72H57N. The van der Waals surface area contributed by atoms with E-state index in [2.05, 4.69) is 298 Å². The largest absolute Gasteiger partial charge is 0.310 e. The van der Waals surface area contributed by atoms with Crippen LogP contribution in [0.25, 0.3) is 89.0 Å². The number of fused-ring (bicyclic) bond motifs is 3. The zero-order chi connectivity index (χ0) is 49.7. The van der Waals surface area contributed by atoms with Gasteiger partial charge in [-0.2, -0.15) is 0 Å². The van der Waals surface area contributed by atoms with E-state index in [4.69, 9.17) is 0 Å². The van der Waals surface area contributed by atoms with Crippen molar-refractivity contribution in [2.45, 2.75) is 26.2 Å². The van der Waals surface area contributed by atoms with Crippen LogP contribution in [0.3, 0.4) is 0 Å². The molecule has 0 bridgehead atoms. The van der Waals surface area contributed by atoms with Crippen LogP contribution in [0.5, 0.6) is 0 Å². The maximum Gasteiger partial charge on any atom is 0.0465 e. The average molecular weight is 936 g/mol. The minimum absolute atomic E-state index is 0.218. The van der Waals surface area contributed by atoms with E-state index in [1.54, 1.807) is 6.08 Å². The van der Waals surface area contributed by atoms with Gasteiger partial charge in [-0.15, -0.1) is 6.58 Å². The Morgan fingerprint density at radius 2 is 0.521 bits per heavy atom. The monoisotopic (exact) mass is 935 g/mol. The fourth-order valence-corrected chi connectivity index (χ4v) is 10.5. The van der Waals surface area contributed by atoms with Crippen LogP contribution in [-0.4, -0.2) is 0 Å². The first-order valence-corrected chi connectivity index (χ1v) is 25.3. The third kappa shape index (κ3) is 9.50. The van der Waals surface area contributed by atoms with Gasteiger partial charge in [0.15, 0.2) is 0 Å². The van der Waals surface area contributed by atoms with Crippen molar-refractivity contribution in [3.05, 3.63) is 297 Å². The van der Waals surface area contributed by atoms with Gasteiger partial charge in [-0.25, -0.2) is 0 Å². The van der Waals surface area contributed by atoms with Crippen molar-refractivity contribution < 1.29 is 0 Å². The van der Waals surface area contributed by atoms with Gasteiger partial charge in [-0.05, 0) is 162 Å². The number of allylic oxidation sites excluding steroid dienone is 1. The number of hydrogen-bond acceptors (Lipinski definition) is 1. The van der Waals surface area contributed by atoms with Gasteiger partial charge in [0.2, 0.25) is 0 Å². The molecule has 73 heavy (non-hydrogen) atoms. The van der Waals surface area contributed by atoms with E-state index in [0.29, 0.717) is 0 Å². The maximum atomic E-state index is 3.36. The van der Waals surface area contributed by atoms with Crippen molar-refractivity contribution in [1.82, 2.24) is 0 Å². The lowest BCUT2D eigenvalue weighted by Crippen LogP contribution is -2.16. The minimum atomic E-state index is -0.218. The van der Waals surface area contributed by atoms with Crippen molar-refractivity contribution in [2.75, 3.05) is 4.90 Å². The Morgan fingerprint density at radius 3 is 0.904 bits per heavy atom. The highest BCUT2D eigenvalue weighted by molar-refractivity contribution is 5.88. The molecule has 1 heteroatoms. The van der Waals surface area contributed by atoms with Crippen molar-refractivity contribution >= 4 is 17.1 Å². The molecular weight excluding hydrogens is 879 g/mol. The van der Waals surface area contributed by atoms with Crippen LogP contribution in [0, 0.1) is 0 Å². The van der Waals surface area contributed by atoms with Crippen molar-refractivity contribution in [3.8, 4) is 89.0 Å². The lowest BCUT2D eigenvalue weighted by Gasteiger charge is -2.28. The van der Waals surface area contributed by atoms with Crippen molar-refractivity contribution in [1.29, 1.82) is 0 Å². The van der Waals surface area contributed by atoms with Crippen molar-refractivity contribution in [3.63, 3.8) is 0 Å². The highest BCUT2D eigenvalue weighted by Gasteiger charge is 2.36. The summed E-state index contributed by atoms with van der Waals surface area (Å²) < 4.78 is 0.